The molecule has 0 bridgehead atoms. The molecule has 1 saturated heterocycles. The van der Waals surface area contributed by atoms with Gasteiger partial charge in [-0.2, -0.15) is 0 Å². The van der Waals surface area contributed by atoms with Crippen LogP contribution < -0.4 is 5.32 Å². The number of rotatable bonds is 10. The molecule has 0 radical (unpaired) electrons. The number of halogens is 4. The second-order valence-corrected chi connectivity index (χ2v) is 12.3. The van der Waals surface area contributed by atoms with Crippen LogP contribution in [0, 0.1) is 31.3 Å². The number of ketones is 1. The van der Waals surface area contributed by atoms with Crippen molar-refractivity contribution in [2.75, 3.05) is 13.2 Å². The molecule has 0 spiro atoms. The number of Topliss-reactive ketones (excluding diaryl/α,β-unsaturated/α-hetero) is 1. The van der Waals surface area contributed by atoms with E-state index in [4.69, 9.17) is 21.3 Å². The van der Waals surface area contributed by atoms with Crippen LogP contribution in [0.1, 0.15) is 64.0 Å². The first-order chi connectivity index (χ1) is 22.1. The number of benzene rings is 2. The van der Waals surface area contributed by atoms with Gasteiger partial charge < -0.3 is 15.0 Å². The zero-order valence-corrected chi connectivity index (χ0v) is 26.2. The van der Waals surface area contributed by atoms with Gasteiger partial charge in [0.25, 0.3) is 0 Å². The number of imidazole rings is 1. The molecular weight excluding hydrogens is 615 g/mol. The Balaban J connectivity index is 1.11. The van der Waals surface area contributed by atoms with E-state index >= 15 is 4.39 Å². The van der Waals surface area contributed by atoms with Gasteiger partial charge in [-0.15, -0.1) is 0 Å². The molecule has 7 nitrogen and oxygen atoms in total. The lowest BCUT2D eigenvalue weighted by molar-refractivity contribution is -0.118. The maximum absolute atomic E-state index is 15.1. The van der Waals surface area contributed by atoms with Crippen molar-refractivity contribution in [3.05, 3.63) is 123 Å². The van der Waals surface area contributed by atoms with Gasteiger partial charge in [-0.1, -0.05) is 17.7 Å². The Bertz CT molecular complexity index is 1850. The molecule has 0 aliphatic carbocycles. The van der Waals surface area contributed by atoms with Gasteiger partial charge in [0, 0.05) is 37.7 Å². The van der Waals surface area contributed by atoms with E-state index in [1.807, 2.05) is 0 Å². The quantitative estimate of drug-likeness (QED) is 0.169. The molecule has 0 unspecified atom stereocenters. The van der Waals surface area contributed by atoms with Crippen LogP contribution in [0.3, 0.4) is 0 Å². The van der Waals surface area contributed by atoms with Gasteiger partial charge in [0.1, 0.15) is 29.1 Å². The smallest absolute Gasteiger partial charge is 0.144 e. The first kappa shape index (κ1) is 31.8. The van der Waals surface area contributed by atoms with Crippen molar-refractivity contribution in [3.8, 4) is 0 Å². The monoisotopic (exact) mass is 647 g/mol. The summed E-state index contributed by atoms with van der Waals surface area (Å²) in [6.07, 6.45) is 5.68. The van der Waals surface area contributed by atoms with Gasteiger partial charge in [-0.25, -0.2) is 18.2 Å². The van der Waals surface area contributed by atoms with Gasteiger partial charge in [0.05, 0.1) is 47.2 Å². The number of hydrogen-bond donors (Lipinski definition) is 2. The molecule has 0 saturated carbocycles. The lowest BCUT2D eigenvalue weighted by Crippen LogP contribution is -2.41. The average molecular weight is 648 g/mol. The SMILES string of the molecule is Cc1cc2nc([C@@H]3CO[C@H](CCc4c(F)cncc4CC(=O)C[C@H](c4cncc(F)c4)c4ccc(Cl)c(F)c4)CN3)[nH]c2cc1C. The number of nitrogens with one attached hydrogen (secondary N) is 2. The summed E-state index contributed by atoms with van der Waals surface area (Å²) in [4.78, 5) is 29.5. The van der Waals surface area contributed by atoms with E-state index in [1.54, 1.807) is 6.07 Å². The second kappa shape index (κ2) is 13.7. The van der Waals surface area contributed by atoms with Gasteiger partial charge in [0.2, 0.25) is 0 Å². The number of ether oxygens (including phenoxy) is 1. The van der Waals surface area contributed by atoms with Crippen molar-refractivity contribution < 1.29 is 22.7 Å². The number of H-pyrrole nitrogens is 1. The molecule has 3 aromatic heterocycles. The maximum atomic E-state index is 15.1. The van der Waals surface area contributed by atoms with Gasteiger partial charge in [-0.3, -0.25) is 14.8 Å². The Morgan fingerprint density at radius 2 is 1.80 bits per heavy atom. The first-order valence-corrected chi connectivity index (χ1v) is 15.5. The minimum Gasteiger partial charge on any atom is -0.375 e. The summed E-state index contributed by atoms with van der Waals surface area (Å²) in [5, 5.41) is 3.43. The van der Waals surface area contributed by atoms with Gasteiger partial charge >= 0.3 is 0 Å². The Kier molecular flexibility index (Phi) is 9.49. The van der Waals surface area contributed by atoms with E-state index in [-0.39, 0.29) is 35.8 Å². The highest BCUT2D eigenvalue weighted by Gasteiger charge is 2.26. The third-order valence-corrected chi connectivity index (χ3v) is 8.95. The van der Waals surface area contributed by atoms with Crippen molar-refractivity contribution in [3.63, 3.8) is 0 Å². The highest BCUT2D eigenvalue weighted by Crippen LogP contribution is 2.32. The van der Waals surface area contributed by atoms with Crippen LogP contribution in [0.25, 0.3) is 11.0 Å². The average Bonchev–Trinajstić information content (AvgIpc) is 3.44. The Morgan fingerprint density at radius 1 is 1.00 bits per heavy atom. The number of aromatic nitrogens is 4. The molecule has 2 aromatic carbocycles. The van der Waals surface area contributed by atoms with Crippen LogP contribution in [0.2, 0.25) is 5.02 Å². The molecule has 46 heavy (non-hydrogen) atoms. The fraction of sp³-hybridized carbons (Fsp3) is 0.314. The molecule has 1 aliphatic heterocycles. The third kappa shape index (κ3) is 7.14. The second-order valence-electron chi connectivity index (χ2n) is 11.9. The molecule has 5 aromatic rings. The number of carbonyl (C=O) groups is 1. The van der Waals surface area contributed by atoms with Crippen molar-refractivity contribution in [1.82, 2.24) is 25.3 Å². The number of pyridine rings is 2. The summed E-state index contributed by atoms with van der Waals surface area (Å²) in [5.74, 6) is -1.83. The maximum Gasteiger partial charge on any atom is 0.144 e. The molecular formula is C35H33ClF3N5O2. The standard InChI is InChI=1S/C35H33ClF3N5O2/c1-19-7-32-33(8-20(19)2)44-35(43-32)34-18-46-26(16-42-34)4-5-27-23(14-41-17-31(27)39)10-25(45)12-28(22-9-24(37)15-40-13-22)21-3-6-29(36)30(38)11-21/h3,6-9,11,13-15,17,26,28,34,42H,4-5,10,12,16,18H2,1-2H3,(H,43,44)/t26-,28+,34+/m1/s1. The minimum absolute atomic E-state index is 0.0611. The number of morpholine rings is 1. The van der Waals surface area contributed by atoms with Crippen LogP contribution >= 0.6 is 11.6 Å². The van der Waals surface area contributed by atoms with Crippen LogP contribution in [-0.2, 0) is 22.4 Å². The number of hydrogen-bond acceptors (Lipinski definition) is 6. The number of nitrogens with zero attached hydrogens (tertiary/aromatic N) is 3. The summed E-state index contributed by atoms with van der Waals surface area (Å²) < 4.78 is 49.6. The van der Waals surface area contributed by atoms with Crippen molar-refractivity contribution in [1.29, 1.82) is 0 Å². The van der Waals surface area contributed by atoms with E-state index in [1.165, 1.54) is 41.7 Å². The molecule has 1 fully saturated rings. The predicted molar refractivity (Wildman–Crippen MR) is 169 cm³/mol. The zero-order chi connectivity index (χ0) is 32.4. The van der Waals surface area contributed by atoms with Crippen LogP contribution in [0.4, 0.5) is 13.2 Å². The Hall–Kier alpha value is -4.12. The normalized spacial score (nSPS) is 17.3. The predicted octanol–water partition coefficient (Wildman–Crippen LogP) is 7.04. The highest BCUT2D eigenvalue weighted by atomic mass is 35.5. The molecule has 238 valence electrons. The topological polar surface area (TPSA) is 92.8 Å². The molecule has 0 amide bonds. The molecule has 2 N–H and O–H groups in total. The van der Waals surface area contributed by atoms with Gasteiger partial charge in [0.15, 0.2) is 0 Å². The molecule has 6 rings (SSSR count). The summed E-state index contributed by atoms with van der Waals surface area (Å²) in [5.41, 5.74) is 6.02. The fourth-order valence-electron chi connectivity index (χ4n) is 5.97. The molecule has 11 heteroatoms. The van der Waals surface area contributed by atoms with E-state index in [0.717, 1.165) is 29.3 Å². The Morgan fingerprint density at radius 3 is 2.57 bits per heavy atom. The van der Waals surface area contributed by atoms with E-state index in [2.05, 4.69) is 46.2 Å². The van der Waals surface area contributed by atoms with E-state index in [9.17, 15) is 13.6 Å². The van der Waals surface area contributed by atoms with Crippen LogP contribution in [0.15, 0.2) is 61.2 Å². The van der Waals surface area contributed by atoms with E-state index in [0.29, 0.717) is 48.2 Å². The fourth-order valence-corrected chi connectivity index (χ4v) is 6.08. The molecule has 3 atom stereocenters. The summed E-state index contributed by atoms with van der Waals surface area (Å²) in [7, 11) is 0. The minimum atomic E-state index is -0.679. The summed E-state index contributed by atoms with van der Waals surface area (Å²) in [6.45, 7) is 5.10. The molecule has 4 heterocycles. The number of aromatic amines is 1. The Labute approximate surface area is 269 Å². The lowest BCUT2D eigenvalue weighted by atomic mass is 9.86. The number of carbonyl (C=O) groups excluding carboxylic acids is 1. The third-order valence-electron chi connectivity index (χ3n) is 8.64. The summed E-state index contributed by atoms with van der Waals surface area (Å²) in [6, 6.07) is 9.57. The number of fused-ring (bicyclic) bond motifs is 1. The number of aryl methyl sites for hydroxylation is 2. The van der Waals surface area contributed by atoms with Crippen LogP contribution in [-0.4, -0.2) is 45.0 Å². The van der Waals surface area contributed by atoms with Crippen molar-refractivity contribution in [2.24, 2.45) is 0 Å². The van der Waals surface area contributed by atoms with Crippen molar-refractivity contribution >= 4 is 28.4 Å². The highest BCUT2D eigenvalue weighted by molar-refractivity contribution is 6.30. The van der Waals surface area contributed by atoms with Crippen molar-refractivity contribution in [2.45, 2.75) is 57.6 Å². The van der Waals surface area contributed by atoms with Gasteiger partial charge in [-0.05, 0) is 90.4 Å². The summed E-state index contributed by atoms with van der Waals surface area (Å²) >= 11 is 5.87. The lowest BCUT2D eigenvalue weighted by Gasteiger charge is -2.29. The molecule has 1 aliphatic rings. The largest absolute Gasteiger partial charge is 0.375 e. The van der Waals surface area contributed by atoms with E-state index < -0.39 is 23.4 Å². The first-order valence-electron chi connectivity index (χ1n) is 15.1. The van der Waals surface area contributed by atoms with Crippen LogP contribution in [0.5, 0.6) is 0 Å². The zero-order valence-electron chi connectivity index (χ0n) is 25.4.